The van der Waals surface area contributed by atoms with Gasteiger partial charge in [0, 0.05) is 37.2 Å². The molecule has 210 valence electrons. The van der Waals surface area contributed by atoms with Crippen molar-refractivity contribution in [2.45, 2.75) is 96.0 Å². The minimum absolute atomic E-state index is 0.0259. The number of aliphatic carboxylic acids is 1. The number of unbranched alkanes of at least 4 members (excludes halogenated alkanes) is 3. The van der Waals surface area contributed by atoms with E-state index < -0.39 is 48.0 Å². The van der Waals surface area contributed by atoms with Gasteiger partial charge in [0.15, 0.2) is 5.78 Å². The Kier molecular flexibility index (Phi) is 12.9. The number of hydrogen-bond donors (Lipinski definition) is 2. The lowest BCUT2D eigenvalue weighted by Crippen LogP contribution is -2.30. The topological polar surface area (TPSA) is 109 Å². The van der Waals surface area contributed by atoms with Crippen molar-refractivity contribution in [1.29, 1.82) is 0 Å². The van der Waals surface area contributed by atoms with Gasteiger partial charge < -0.3 is 10.2 Å². The number of halogens is 2. The second-order valence-corrected chi connectivity index (χ2v) is 10.3. The molecule has 0 spiro atoms. The van der Waals surface area contributed by atoms with Gasteiger partial charge in [-0.3, -0.25) is 19.2 Å². The van der Waals surface area contributed by atoms with E-state index in [9.17, 15) is 38.2 Å². The van der Waals surface area contributed by atoms with Crippen LogP contribution in [0.4, 0.5) is 8.78 Å². The van der Waals surface area contributed by atoms with Crippen LogP contribution in [-0.4, -0.2) is 45.6 Å². The van der Waals surface area contributed by atoms with E-state index in [1.165, 1.54) is 0 Å². The van der Waals surface area contributed by atoms with Crippen molar-refractivity contribution in [3.8, 4) is 0 Å². The Labute approximate surface area is 223 Å². The fourth-order valence-electron chi connectivity index (χ4n) is 5.03. The van der Waals surface area contributed by atoms with E-state index in [1.54, 1.807) is 37.3 Å². The standard InChI is InChI=1S/C30H40F2O6/c1-2-3-18-30(31,32)28(36)17-16-24-23(26(34)20-27(24)35)15-11-6-4-5-8-14-22(29(37)38)19-25(33)21-12-9-7-10-13-21/h6-7,9-13,22-24,27,35H,2-5,8,14-20H2,1H3,(H,37,38)/t22?,23-,24-,27-/m1/s1. The smallest absolute Gasteiger partial charge is 0.306 e. The van der Waals surface area contributed by atoms with Crippen LogP contribution >= 0.6 is 0 Å². The van der Waals surface area contributed by atoms with Crippen LogP contribution in [0.5, 0.6) is 0 Å². The Bertz CT molecular complexity index is 959. The van der Waals surface area contributed by atoms with Gasteiger partial charge in [0.2, 0.25) is 5.78 Å². The molecule has 8 heteroatoms. The van der Waals surface area contributed by atoms with Crippen LogP contribution < -0.4 is 0 Å². The summed E-state index contributed by atoms with van der Waals surface area (Å²) in [6.45, 7) is 1.78. The fraction of sp³-hybridized carbons (Fsp3) is 0.600. The predicted molar refractivity (Wildman–Crippen MR) is 140 cm³/mol. The number of allylic oxidation sites excluding steroid dienone is 2. The average Bonchev–Trinajstić information content (AvgIpc) is 3.16. The highest BCUT2D eigenvalue weighted by molar-refractivity contribution is 5.97. The van der Waals surface area contributed by atoms with Crippen molar-refractivity contribution in [2.24, 2.45) is 17.8 Å². The molecule has 0 aliphatic heterocycles. The third-order valence-corrected chi connectivity index (χ3v) is 7.40. The summed E-state index contributed by atoms with van der Waals surface area (Å²) < 4.78 is 28.0. The van der Waals surface area contributed by atoms with Gasteiger partial charge in [-0.05, 0) is 44.4 Å². The molecular formula is C30H40F2O6. The molecule has 0 bridgehead atoms. The van der Waals surface area contributed by atoms with Crippen molar-refractivity contribution in [1.82, 2.24) is 0 Å². The number of carbonyl (C=O) groups excluding carboxylic acids is 3. The number of rotatable bonds is 18. The van der Waals surface area contributed by atoms with Crippen molar-refractivity contribution in [3.63, 3.8) is 0 Å². The molecule has 1 saturated carbocycles. The normalized spacial score (nSPS) is 20.6. The zero-order valence-electron chi connectivity index (χ0n) is 22.1. The number of carboxylic acids is 1. The number of aliphatic hydroxyl groups excluding tert-OH is 1. The van der Waals surface area contributed by atoms with Crippen LogP contribution in [0.3, 0.4) is 0 Å². The summed E-state index contributed by atoms with van der Waals surface area (Å²) in [5.74, 6) is -7.56. The molecule has 0 saturated heterocycles. The quantitative estimate of drug-likeness (QED) is 0.132. The Morgan fingerprint density at radius 3 is 2.47 bits per heavy atom. The maximum Gasteiger partial charge on any atom is 0.306 e. The molecule has 38 heavy (non-hydrogen) atoms. The van der Waals surface area contributed by atoms with Crippen molar-refractivity contribution >= 4 is 23.3 Å². The monoisotopic (exact) mass is 534 g/mol. The highest BCUT2D eigenvalue weighted by Gasteiger charge is 2.43. The number of hydrogen-bond acceptors (Lipinski definition) is 5. The Morgan fingerprint density at radius 1 is 1.11 bits per heavy atom. The van der Waals surface area contributed by atoms with Crippen LogP contribution in [0.25, 0.3) is 0 Å². The minimum Gasteiger partial charge on any atom is -0.481 e. The summed E-state index contributed by atoms with van der Waals surface area (Å²) in [4.78, 5) is 48.3. The van der Waals surface area contributed by atoms with E-state index in [4.69, 9.17) is 0 Å². The molecule has 0 aromatic heterocycles. The van der Waals surface area contributed by atoms with Crippen molar-refractivity contribution in [2.75, 3.05) is 0 Å². The fourth-order valence-corrected chi connectivity index (χ4v) is 5.03. The van der Waals surface area contributed by atoms with E-state index in [1.807, 2.05) is 12.2 Å². The summed E-state index contributed by atoms with van der Waals surface area (Å²) in [5.41, 5.74) is 0.501. The van der Waals surface area contributed by atoms with Gasteiger partial charge in [0.25, 0.3) is 0 Å². The molecule has 1 aliphatic rings. The first-order valence-corrected chi connectivity index (χ1v) is 13.6. The maximum absolute atomic E-state index is 14.0. The molecule has 0 heterocycles. The molecule has 2 N–H and O–H groups in total. The Morgan fingerprint density at radius 2 is 1.82 bits per heavy atom. The number of aliphatic hydroxyl groups is 1. The zero-order chi connectivity index (χ0) is 28.1. The van der Waals surface area contributed by atoms with Gasteiger partial charge in [-0.25, -0.2) is 0 Å². The molecule has 0 amide bonds. The first kappa shape index (κ1) is 31.5. The van der Waals surface area contributed by atoms with Gasteiger partial charge in [-0.15, -0.1) is 0 Å². The first-order chi connectivity index (χ1) is 18.1. The van der Waals surface area contributed by atoms with Crippen LogP contribution in [0.15, 0.2) is 42.5 Å². The molecule has 1 aliphatic carbocycles. The molecular weight excluding hydrogens is 494 g/mol. The Hall–Kier alpha value is -2.74. The van der Waals surface area contributed by atoms with Gasteiger partial charge in [-0.2, -0.15) is 8.78 Å². The molecule has 1 fully saturated rings. The SMILES string of the molecule is CCCCC(F)(F)C(=O)CC[C@H]1[C@H](O)CC(=O)[C@@H]1CC=CCCCCC(CC(=O)c1ccccc1)C(=O)O. The molecule has 2 rings (SSSR count). The predicted octanol–water partition coefficient (Wildman–Crippen LogP) is 6.21. The Balaban J connectivity index is 1.76. The summed E-state index contributed by atoms with van der Waals surface area (Å²) >= 11 is 0. The van der Waals surface area contributed by atoms with E-state index in [0.29, 0.717) is 44.1 Å². The summed E-state index contributed by atoms with van der Waals surface area (Å²) in [6, 6.07) is 8.62. The maximum atomic E-state index is 14.0. The minimum atomic E-state index is -3.37. The van der Waals surface area contributed by atoms with Crippen LogP contribution in [0.2, 0.25) is 0 Å². The third kappa shape index (κ3) is 9.86. The molecule has 6 nitrogen and oxygen atoms in total. The van der Waals surface area contributed by atoms with Crippen molar-refractivity contribution in [3.05, 3.63) is 48.0 Å². The van der Waals surface area contributed by atoms with Gasteiger partial charge in [-0.1, -0.05) is 62.2 Å². The van der Waals surface area contributed by atoms with E-state index >= 15 is 0 Å². The molecule has 1 unspecified atom stereocenters. The lowest BCUT2D eigenvalue weighted by atomic mass is 9.86. The van der Waals surface area contributed by atoms with Gasteiger partial charge in [0.1, 0.15) is 5.78 Å². The number of carboxylic acid groups (broad SMARTS) is 1. The van der Waals surface area contributed by atoms with Gasteiger partial charge in [0.05, 0.1) is 12.0 Å². The summed E-state index contributed by atoms with van der Waals surface area (Å²) in [5, 5.41) is 19.8. The summed E-state index contributed by atoms with van der Waals surface area (Å²) in [6.07, 6.45) is 5.54. The number of Topliss-reactive ketones (excluding diaryl/α,β-unsaturated/α-hetero) is 3. The number of carbonyl (C=O) groups is 4. The van der Waals surface area contributed by atoms with E-state index in [2.05, 4.69) is 0 Å². The van der Waals surface area contributed by atoms with E-state index in [0.717, 1.165) is 0 Å². The largest absolute Gasteiger partial charge is 0.481 e. The number of alkyl halides is 2. The second kappa shape index (κ2) is 15.6. The van der Waals surface area contributed by atoms with Crippen molar-refractivity contribution < 1.29 is 38.2 Å². The summed E-state index contributed by atoms with van der Waals surface area (Å²) in [7, 11) is 0. The highest BCUT2D eigenvalue weighted by atomic mass is 19.3. The lowest BCUT2D eigenvalue weighted by Gasteiger charge is -2.21. The molecule has 1 aromatic rings. The van der Waals surface area contributed by atoms with Crippen LogP contribution in [0, 0.1) is 17.8 Å². The second-order valence-electron chi connectivity index (χ2n) is 10.3. The zero-order valence-corrected chi connectivity index (χ0v) is 22.1. The average molecular weight is 535 g/mol. The van der Waals surface area contributed by atoms with Crippen LogP contribution in [-0.2, 0) is 14.4 Å². The molecule has 1 aromatic carbocycles. The highest BCUT2D eigenvalue weighted by Crippen LogP contribution is 2.36. The number of ketones is 3. The molecule has 4 atom stereocenters. The third-order valence-electron chi connectivity index (χ3n) is 7.40. The van der Waals surface area contributed by atoms with Crippen LogP contribution in [0.1, 0.15) is 94.3 Å². The lowest BCUT2D eigenvalue weighted by molar-refractivity contribution is -0.144. The molecule has 0 radical (unpaired) electrons. The van der Waals surface area contributed by atoms with E-state index in [-0.39, 0.29) is 43.7 Å². The number of benzene rings is 1. The first-order valence-electron chi connectivity index (χ1n) is 13.6. The van der Waals surface area contributed by atoms with Gasteiger partial charge >= 0.3 is 11.9 Å².